The van der Waals surface area contributed by atoms with Crippen molar-refractivity contribution in [3.05, 3.63) is 36.0 Å². The van der Waals surface area contributed by atoms with Crippen LogP contribution in [0.2, 0.25) is 0 Å². The largest absolute Gasteiger partial charge is 0.490 e. The zero-order valence-electron chi connectivity index (χ0n) is 11.7. The maximum Gasteiger partial charge on any atom is 0.213 e. The van der Waals surface area contributed by atoms with Gasteiger partial charge in [0.15, 0.2) is 18.1 Å². The van der Waals surface area contributed by atoms with Crippen LogP contribution in [0, 0.1) is 0 Å². The third kappa shape index (κ3) is 3.71. The van der Waals surface area contributed by atoms with E-state index >= 15 is 0 Å². The quantitative estimate of drug-likeness (QED) is 0.832. The predicted octanol–water partition coefficient (Wildman–Crippen LogP) is 1.94. The van der Waals surface area contributed by atoms with Gasteiger partial charge in [-0.15, -0.1) is 0 Å². The second kappa shape index (κ2) is 6.91. The van der Waals surface area contributed by atoms with Crippen LogP contribution < -0.4 is 15.2 Å². The Bertz CT molecular complexity index is 526. The van der Waals surface area contributed by atoms with Crippen LogP contribution in [0.1, 0.15) is 25.2 Å². The van der Waals surface area contributed by atoms with Gasteiger partial charge in [-0.25, -0.2) is 0 Å². The summed E-state index contributed by atoms with van der Waals surface area (Å²) in [6.07, 6.45) is 1.98. The molecule has 6 heteroatoms. The average molecular weight is 277 g/mol. The molecule has 2 N–H and O–H groups in total. The lowest BCUT2D eigenvalue weighted by Gasteiger charge is -2.16. The van der Waals surface area contributed by atoms with E-state index in [0.717, 1.165) is 5.56 Å². The first-order chi connectivity index (χ1) is 9.70. The third-order valence-corrected chi connectivity index (χ3v) is 2.65. The van der Waals surface area contributed by atoms with E-state index in [1.54, 1.807) is 0 Å². The summed E-state index contributed by atoms with van der Waals surface area (Å²) in [4.78, 5) is 3.93. The van der Waals surface area contributed by atoms with Gasteiger partial charge >= 0.3 is 0 Å². The minimum Gasteiger partial charge on any atom is -0.490 e. The van der Waals surface area contributed by atoms with Crippen LogP contribution in [0.4, 0.5) is 0 Å². The molecule has 1 atom stereocenters. The van der Waals surface area contributed by atoms with Gasteiger partial charge < -0.3 is 19.7 Å². The molecular weight excluding hydrogens is 258 g/mol. The molecule has 0 bridgehead atoms. The molecule has 0 aliphatic heterocycles. The average Bonchev–Trinajstić information content (AvgIpc) is 2.91. The fourth-order valence-electron chi connectivity index (χ4n) is 1.89. The molecule has 0 fully saturated rings. The highest BCUT2D eigenvalue weighted by molar-refractivity contribution is 5.47. The van der Waals surface area contributed by atoms with Crippen molar-refractivity contribution < 1.29 is 14.0 Å². The van der Waals surface area contributed by atoms with Crippen molar-refractivity contribution in [2.24, 2.45) is 5.73 Å². The summed E-state index contributed by atoms with van der Waals surface area (Å²) in [7, 11) is 0. The summed E-state index contributed by atoms with van der Waals surface area (Å²) in [5.74, 6) is 1.88. The SMILES string of the molecule is CCOc1cccc(CC(C)N)c1OCc1ncon1. The molecule has 1 aromatic heterocycles. The van der Waals surface area contributed by atoms with Crippen LogP contribution in [-0.2, 0) is 13.0 Å². The minimum absolute atomic E-state index is 0.0411. The molecule has 1 heterocycles. The molecule has 0 spiro atoms. The second-order valence-electron chi connectivity index (χ2n) is 4.49. The Morgan fingerprint density at radius 3 is 2.85 bits per heavy atom. The van der Waals surface area contributed by atoms with Crippen molar-refractivity contribution in [1.29, 1.82) is 0 Å². The molecule has 1 unspecified atom stereocenters. The van der Waals surface area contributed by atoms with Gasteiger partial charge in [-0.3, -0.25) is 0 Å². The van der Waals surface area contributed by atoms with Gasteiger partial charge in [-0.2, -0.15) is 4.98 Å². The van der Waals surface area contributed by atoms with Crippen LogP contribution in [-0.4, -0.2) is 22.8 Å². The van der Waals surface area contributed by atoms with Crippen LogP contribution in [0.3, 0.4) is 0 Å². The molecule has 108 valence electrons. The highest BCUT2D eigenvalue weighted by Crippen LogP contribution is 2.32. The van der Waals surface area contributed by atoms with Gasteiger partial charge in [0.2, 0.25) is 12.2 Å². The number of aromatic nitrogens is 2. The molecule has 0 saturated carbocycles. The van der Waals surface area contributed by atoms with Gasteiger partial charge in [0.05, 0.1) is 6.61 Å². The van der Waals surface area contributed by atoms with Gasteiger partial charge in [0, 0.05) is 6.04 Å². The number of ether oxygens (including phenoxy) is 2. The van der Waals surface area contributed by atoms with E-state index < -0.39 is 0 Å². The highest BCUT2D eigenvalue weighted by atomic mass is 16.5. The second-order valence-corrected chi connectivity index (χ2v) is 4.49. The third-order valence-electron chi connectivity index (χ3n) is 2.65. The number of hydrogen-bond acceptors (Lipinski definition) is 6. The van der Waals surface area contributed by atoms with Crippen LogP contribution in [0.25, 0.3) is 0 Å². The molecular formula is C14H19N3O3. The molecule has 0 amide bonds. The van der Waals surface area contributed by atoms with Crippen LogP contribution in [0.15, 0.2) is 29.1 Å². The summed E-state index contributed by atoms with van der Waals surface area (Å²) in [6.45, 7) is 4.68. The van der Waals surface area contributed by atoms with Crippen molar-refractivity contribution in [3.8, 4) is 11.5 Å². The molecule has 0 radical (unpaired) electrons. The van der Waals surface area contributed by atoms with E-state index in [-0.39, 0.29) is 12.6 Å². The summed E-state index contributed by atoms with van der Waals surface area (Å²) in [6, 6.07) is 5.83. The van der Waals surface area contributed by atoms with Gasteiger partial charge in [-0.05, 0) is 31.9 Å². The Hall–Kier alpha value is -2.08. The monoisotopic (exact) mass is 277 g/mol. The van der Waals surface area contributed by atoms with Crippen molar-refractivity contribution >= 4 is 0 Å². The number of rotatable bonds is 7. The first-order valence-electron chi connectivity index (χ1n) is 6.59. The number of nitrogens with two attached hydrogens (primary N) is 1. The lowest BCUT2D eigenvalue weighted by molar-refractivity contribution is 0.255. The van der Waals surface area contributed by atoms with E-state index in [0.29, 0.717) is 30.4 Å². The number of benzene rings is 1. The topological polar surface area (TPSA) is 83.4 Å². The van der Waals surface area contributed by atoms with Crippen molar-refractivity contribution in [1.82, 2.24) is 10.1 Å². The van der Waals surface area contributed by atoms with E-state index in [1.807, 2.05) is 32.0 Å². The van der Waals surface area contributed by atoms with Gasteiger partial charge in [0.1, 0.15) is 0 Å². The maximum absolute atomic E-state index is 5.87. The molecule has 0 aliphatic rings. The minimum atomic E-state index is 0.0411. The molecule has 0 saturated heterocycles. The van der Waals surface area contributed by atoms with Crippen molar-refractivity contribution in [2.45, 2.75) is 32.9 Å². The highest BCUT2D eigenvalue weighted by Gasteiger charge is 2.13. The molecule has 0 aliphatic carbocycles. The Morgan fingerprint density at radius 1 is 1.35 bits per heavy atom. The smallest absolute Gasteiger partial charge is 0.213 e. The number of nitrogens with zero attached hydrogens (tertiary/aromatic N) is 2. The molecule has 6 nitrogen and oxygen atoms in total. The molecule has 2 aromatic rings. The Labute approximate surface area is 117 Å². The van der Waals surface area contributed by atoms with Crippen molar-refractivity contribution in [3.63, 3.8) is 0 Å². The maximum atomic E-state index is 5.87. The first-order valence-corrected chi connectivity index (χ1v) is 6.59. The lowest BCUT2D eigenvalue weighted by Crippen LogP contribution is -2.18. The van der Waals surface area contributed by atoms with Crippen LogP contribution >= 0.6 is 0 Å². The fraction of sp³-hybridized carbons (Fsp3) is 0.429. The zero-order valence-corrected chi connectivity index (χ0v) is 11.7. The summed E-state index contributed by atoms with van der Waals surface area (Å²) >= 11 is 0. The normalized spacial score (nSPS) is 12.2. The Kier molecular flexibility index (Phi) is 4.95. The molecule has 20 heavy (non-hydrogen) atoms. The molecule has 1 aromatic carbocycles. The summed E-state index contributed by atoms with van der Waals surface area (Å²) < 4.78 is 16.1. The standard InChI is InChI=1S/C14H19N3O3/c1-3-18-12-6-4-5-11(7-10(2)15)14(12)19-8-13-16-9-20-17-13/h4-6,9-10H,3,7-8,15H2,1-2H3. The van der Waals surface area contributed by atoms with Gasteiger partial charge in [0.25, 0.3) is 0 Å². The summed E-state index contributed by atoms with van der Waals surface area (Å²) in [5.41, 5.74) is 6.88. The van der Waals surface area contributed by atoms with E-state index in [9.17, 15) is 0 Å². The van der Waals surface area contributed by atoms with Crippen LogP contribution in [0.5, 0.6) is 11.5 Å². The number of hydrogen-bond donors (Lipinski definition) is 1. The Balaban J connectivity index is 2.20. The van der Waals surface area contributed by atoms with E-state index in [4.69, 9.17) is 15.2 Å². The summed E-state index contributed by atoms with van der Waals surface area (Å²) in [5, 5.41) is 3.72. The zero-order chi connectivity index (χ0) is 14.4. The van der Waals surface area contributed by atoms with E-state index in [2.05, 4.69) is 14.7 Å². The first kappa shape index (κ1) is 14.3. The Morgan fingerprint density at radius 2 is 2.20 bits per heavy atom. The predicted molar refractivity (Wildman–Crippen MR) is 73.6 cm³/mol. The lowest BCUT2D eigenvalue weighted by atomic mass is 10.1. The van der Waals surface area contributed by atoms with Gasteiger partial charge in [-0.1, -0.05) is 17.3 Å². The molecule has 2 rings (SSSR count). The fourth-order valence-corrected chi connectivity index (χ4v) is 1.89. The van der Waals surface area contributed by atoms with Crippen molar-refractivity contribution in [2.75, 3.05) is 6.61 Å². The van der Waals surface area contributed by atoms with E-state index in [1.165, 1.54) is 6.39 Å². The number of para-hydroxylation sites is 1.